The minimum absolute atomic E-state index is 0.0391. The van der Waals surface area contributed by atoms with Gasteiger partial charge in [0.05, 0.1) is 10.6 Å². The fraction of sp³-hybridized carbons (Fsp3) is 0.391. The summed E-state index contributed by atoms with van der Waals surface area (Å²) in [5, 5.41) is 2.72. The van der Waals surface area contributed by atoms with Crippen molar-refractivity contribution in [3.8, 4) is 0 Å². The summed E-state index contributed by atoms with van der Waals surface area (Å²) < 4.78 is 25.3. The Kier molecular flexibility index (Phi) is 5.90. The van der Waals surface area contributed by atoms with Gasteiger partial charge in [0.25, 0.3) is 5.91 Å². The second kappa shape index (κ2) is 8.60. The van der Waals surface area contributed by atoms with Gasteiger partial charge >= 0.3 is 0 Å². The topological polar surface area (TPSA) is 83.5 Å². The first kappa shape index (κ1) is 20.6. The fourth-order valence-corrected chi connectivity index (χ4v) is 5.43. The summed E-state index contributed by atoms with van der Waals surface area (Å²) in [6.07, 6.45) is 4.86. The summed E-state index contributed by atoms with van der Waals surface area (Å²) in [5.74, 6) is -0.669. The van der Waals surface area contributed by atoms with Crippen molar-refractivity contribution in [3.05, 3.63) is 59.2 Å². The first-order valence-electron chi connectivity index (χ1n) is 10.5. The Bertz CT molecular complexity index is 1070. The largest absolute Gasteiger partial charge is 0.339 e. The number of amides is 2. The van der Waals surface area contributed by atoms with Crippen LogP contribution in [-0.4, -0.2) is 44.0 Å². The highest BCUT2D eigenvalue weighted by molar-refractivity contribution is 7.91. The van der Waals surface area contributed by atoms with E-state index in [2.05, 4.69) is 5.32 Å². The van der Waals surface area contributed by atoms with Crippen LogP contribution >= 0.6 is 0 Å². The zero-order valence-electron chi connectivity index (χ0n) is 16.9. The smallest absolute Gasteiger partial charge is 0.253 e. The number of nitrogens with zero attached hydrogens (tertiary/aromatic N) is 1. The highest BCUT2D eigenvalue weighted by Crippen LogP contribution is 2.25. The molecule has 158 valence electrons. The van der Waals surface area contributed by atoms with Gasteiger partial charge in [0.2, 0.25) is 5.91 Å². The third-order valence-electron chi connectivity index (χ3n) is 5.81. The Morgan fingerprint density at radius 2 is 1.70 bits per heavy atom. The van der Waals surface area contributed by atoms with Gasteiger partial charge in [-0.2, -0.15) is 0 Å². The predicted molar refractivity (Wildman–Crippen MR) is 115 cm³/mol. The van der Waals surface area contributed by atoms with Crippen LogP contribution in [0.1, 0.15) is 47.2 Å². The quantitative estimate of drug-likeness (QED) is 0.769. The van der Waals surface area contributed by atoms with E-state index in [0.29, 0.717) is 11.3 Å². The number of nitrogens with one attached hydrogen (secondary N) is 1. The summed E-state index contributed by atoms with van der Waals surface area (Å²) in [6.45, 7) is 1.52. The van der Waals surface area contributed by atoms with Crippen molar-refractivity contribution < 1.29 is 18.0 Å². The van der Waals surface area contributed by atoms with Crippen molar-refractivity contribution in [2.45, 2.75) is 43.4 Å². The van der Waals surface area contributed by atoms with Gasteiger partial charge in [0.15, 0.2) is 9.84 Å². The molecule has 4 rings (SSSR count). The number of sulfone groups is 1. The second-order valence-electron chi connectivity index (χ2n) is 7.98. The fourth-order valence-electron chi connectivity index (χ4n) is 4.14. The van der Waals surface area contributed by atoms with Gasteiger partial charge in [-0.05, 0) is 73.6 Å². The molecule has 1 fully saturated rings. The molecule has 0 unspecified atom stereocenters. The number of carbonyl (C=O) groups is 2. The van der Waals surface area contributed by atoms with Crippen molar-refractivity contribution >= 4 is 27.3 Å². The van der Waals surface area contributed by atoms with Gasteiger partial charge < -0.3 is 10.2 Å². The van der Waals surface area contributed by atoms with Gasteiger partial charge in [0, 0.05) is 30.8 Å². The Balaban J connectivity index is 1.36. The molecule has 2 aliphatic rings. The average molecular weight is 427 g/mol. The van der Waals surface area contributed by atoms with Crippen molar-refractivity contribution in [3.63, 3.8) is 0 Å². The van der Waals surface area contributed by atoms with Crippen LogP contribution in [0.15, 0.2) is 47.4 Å². The Morgan fingerprint density at radius 3 is 2.50 bits per heavy atom. The molecular formula is C23H26N2O4S. The van der Waals surface area contributed by atoms with Crippen LogP contribution in [0.4, 0.5) is 5.69 Å². The van der Waals surface area contributed by atoms with Crippen LogP contribution in [0, 0.1) is 0 Å². The first-order chi connectivity index (χ1) is 14.4. The lowest BCUT2D eigenvalue weighted by Crippen LogP contribution is -2.27. The van der Waals surface area contributed by atoms with E-state index in [9.17, 15) is 18.0 Å². The van der Waals surface area contributed by atoms with Gasteiger partial charge in [0.1, 0.15) is 0 Å². The minimum Gasteiger partial charge on any atom is -0.339 e. The van der Waals surface area contributed by atoms with E-state index < -0.39 is 9.84 Å². The number of hydrogen-bond acceptors (Lipinski definition) is 4. The van der Waals surface area contributed by atoms with E-state index >= 15 is 0 Å². The summed E-state index contributed by atoms with van der Waals surface area (Å²) >= 11 is 0. The molecule has 2 aromatic carbocycles. The molecule has 6 nitrogen and oxygen atoms in total. The molecule has 1 aliphatic heterocycles. The summed E-state index contributed by atoms with van der Waals surface area (Å²) in [6, 6.07) is 12.1. The number of rotatable bonds is 6. The third kappa shape index (κ3) is 4.56. The van der Waals surface area contributed by atoms with Crippen LogP contribution < -0.4 is 5.32 Å². The molecule has 0 atom stereocenters. The Hall–Kier alpha value is -2.67. The molecule has 1 aliphatic carbocycles. The molecule has 30 heavy (non-hydrogen) atoms. The second-order valence-corrected chi connectivity index (χ2v) is 10.1. The lowest BCUT2D eigenvalue weighted by Gasteiger charge is -2.15. The van der Waals surface area contributed by atoms with Crippen LogP contribution in [0.5, 0.6) is 0 Å². The first-order valence-corrected chi connectivity index (χ1v) is 12.1. The van der Waals surface area contributed by atoms with Crippen molar-refractivity contribution in [2.24, 2.45) is 0 Å². The Morgan fingerprint density at radius 1 is 0.933 bits per heavy atom. The zero-order valence-corrected chi connectivity index (χ0v) is 17.7. The lowest BCUT2D eigenvalue weighted by atomic mass is 10.1. The van der Waals surface area contributed by atoms with E-state index in [1.807, 2.05) is 11.0 Å². The van der Waals surface area contributed by atoms with Crippen LogP contribution in [-0.2, 0) is 27.5 Å². The molecule has 0 radical (unpaired) electrons. The maximum absolute atomic E-state index is 12.6. The van der Waals surface area contributed by atoms with E-state index in [0.717, 1.165) is 50.8 Å². The number of carbonyl (C=O) groups excluding carboxylic acids is 2. The van der Waals surface area contributed by atoms with Crippen LogP contribution in [0.25, 0.3) is 0 Å². The molecule has 0 spiro atoms. The maximum Gasteiger partial charge on any atom is 0.253 e. The number of benzene rings is 2. The molecule has 2 aromatic rings. The number of anilines is 1. The highest BCUT2D eigenvalue weighted by atomic mass is 32.2. The molecular weight excluding hydrogens is 400 g/mol. The van der Waals surface area contributed by atoms with E-state index in [1.54, 1.807) is 36.4 Å². The number of fused-ring (bicyclic) bond motifs is 1. The molecule has 2 amide bonds. The van der Waals surface area contributed by atoms with Gasteiger partial charge in [-0.3, -0.25) is 9.59 Å². The number of aryl methyl sites for hydroxylation is 2. The summed E-state index contributed by atoms with van der Waals surface area (Å²) in [7, 11) is -3.52. The van der Waals surface area contributed by atoms with Crippen molar-refractivity contribution in [1.29, 1.82) is 0 Å². The molecule has 0 bridgehead atoms. The lowest BCUT2D eigenvalue weighted by molar-refractivity contribution is -0.115. The Labute approximate surface area is 177 Å². The normalized spacial score (nSPS) is 15.8. The van der Waals surface area contributed by atoms with Crippen LogP contribution in [0.2, 0.25) is 0 Å². The van der Waals surface area contributed by atoms with Crippen molar-refractivity contribution in [2.75, 3.05) is 24.2 Å². The third-order valence-corrected chi connectivity index (χ3v) is 7.53. The zero-order chi connectivity index (χ0) is 21.1. The van der Waals surface area contributed by atoms with Gasteiger partial charge in [-0.25, -0.2) is 8.42 Å². The monoisotopic (exact) mass is 426 g/mol. The number of likely N-dealkylation sites (tertiary alicyclic amines) is 1. The molecule has 0 saturated carbocycles. The standard InChI is InChI=1S/C23H26N2O4S/c26-22(11-14-30(28,29)21-10-9-17-5-3-6-18(17)16-21)24-20-8-4-7-19(15-20)23(27)25-12-1-2-13-25/h4,7-10,15-16H,1-3,5-6,11-14H2,(H,24,26). The SMILES string of the molecule is O=C(CCS(=O)(=O)c1ccc2c(c1)CCC2)Nc1cccc(C(=O)N2CCCC2)c1. The van der Waals surface area contributed by atoms with Gasteiger partial charge in [-0.15, -0.1) is 0 Å². The van der Waals surface area contributed by atoms with E-state index in [4.69, 9.17) is 0 Å². The van der Waals surface area contributed by atoms with E-state index in [1.165, 1.54) is 5.56 Å². The maximum atomic E-state index is 12.6. The van der Waals surface area contributed by atoms with Crippen molar-refractivity contribution in [1.82, 2.24) is 4.90 Å². The summed E-state index contributed by atoms with van der Waals surface area (Å²) in [4.78, 5) is 27.0. The molecule has 7 heteroatoms. The van der Waals surface area contributed by atoms with Gasteiger partial charge in [-0.1, -0.05) is 12.1 Å². The molecule has 0 aromatic heterocycles. The molecule has 1 N–H and O–H groups in total. The number of hydrogen-bond donors (Lipinski definition) is 1. The molecule has 1 heterocycles. The van der Waals surface area contributed by atoms with E-state index in [-0.39, 0.29) is 28.9 Å². The minimum atomic E-state index is -3.52. The summed E-state index contributed by atoms with van der Waals surface area (Å²) in [5.41, 5.74) is 3.34. The van der Waals surface area contributed by atoms with Crippen LogP contribution in [0.3, 0.4) is 0 Å². The highest BCUT2D eigenvalue weighted by Gasteiger charge is 2.21. The average Bonchev–Trinajstić information content (AvgIpc) is 3.43. The predicted octanol–water partition coefficient (Wildman–Crippen LogP) is 3.21. The molecule has 1 saturated heterocycles.